The number of aromatic carboxylic acids is 1. The Morgan fingerprint density at radius 3 is 2.59 bits per heavy atom. The number of hydrogen-bond acceptors (Lipinski definition) is 4. The van der Waals surface area contributed by atoms with Crippen LogP contribution < -0.4 is 4.74 Å². The third-order valence-electron chi connectivity index (χ3n) is 2.89. The maximum Gasteiger partial charge on any atom is 0.374 e. The van der Waals surface area contributed by atoms with Gasteiger partial charge in [-0.1, -0.05) is 17.9 Å². The van der Waals surface area contributed by atoms with Gasteiger partial charge < -0.3 is 9.84 Å². The summed E-state index contributed by atoms with van der Waals surface area (Å²) in [5.41, 5.74) is 0. The number of carboxylic acid groups (broad SMARTS) is 1. The van der Waals surface area contributed by atoms with Crippen LogP contribution >= 0.6 is 0 Å². The van der Waals surface area contributed by atoms with Crippen LogP contribution in [0.25, 0.3) is 0 Å². The van der Waals surface area contributed by atoms with Crippen LogP contribution in [0, 0.1) is 0 Å². The van der Waals surface area contributed by atoms with Crippen LogP contribution in [-0.2, 0) is 0 Å². The summed E-state index contributed by atoms with van der Waals surface area (Å²) in [4.78, 5) is 11.1. The van der Waals surface area contributed by atoms with Gasteiger partial charge >= 0.3 is 12.0 Å². The summed E-state index contributed by atoms with van der Waals surface area (Å²) in [5.74, 6) is -1.07. The van der Waals surface area contributed by atoms with Crippen LogP contribution in [0.15, 0.2) is 0 Å². The standard InChI is InChI=1S/C11H17N3O3/c1-7(2)17-11-13-12-9(10(15)16)14(11)8-5-3-4-6-8/h7-8H,3-6H2,1-2H3,(H,15,16). The molecule has 1 N–H and O–H groups in total. The summed E-state index contributed by atoms with van der Waals surface area (Å²) in [6.45, 7) is 3.77. The van der Waals surface area contributed by atoms with Crippen molar-refractivity contribution in [1.82, 2.24) is 14.8 Å². The Kier molecular flexibility index (Phi) is 3.31. The first-order valence-corrected chi connectivity index (χ1v) is 5.94. The predicted molar refractivity (Wildman–Crippen MR) is 60.3 cm³/mol. The van der Waals surface area contributed by atoms with Gasteiger partial charge in [-0.05, 0) is 26.7 Å². The van der Waals surface area contributed by atoms with Crippen molar-refractivity contribution in [3.8, 4) is 6.01 Å². The molecule has 17 heavy (non-hydrogen) atoms. The van der Waals surface area contributed by atoms with Crippen molar-refractivity contribution >= 4 is 5.97 Å². The van der Waals surface area contributed by atoms with Crippen LogP contribution in [0.4, 0.5) is 0 Å². The molecule has 0 spiro atoms. The first-order chi connectivity index (χ1) is 8.09. The molecule has 0 aromatic carbocycles. The van der Waals surface area contributed by atoms with E-state index in [0.29, 0.717) is 6.01 Å². The highest BCUT2D eigenvalue weighted by Gasteiger charge is 2.28. The maximum atomic E-state index is 11.1. The van der Waals surface area contributed by atoms with Crippen LogP contribution in [0.1, 0.15) is 56.2 Å². The number of rotatable bonds is 4. The number of hydrogen-bond donors (Lipinski definition) is 1. The lowest BCUT2D eigenvalue weighted by atomic mass is 10.2. The van der Waals surface area contributed by atoms with Gasteiger partial charge in [-0.3, -0.25) is 4.57 Å². The fraction of sp³-hybridized carbons (Fsp3) is 0.727. The zero-order chi connectivity index (χ0) is 12.4. The van der Waals surface area contributed by atoms with Crippen molar-refractivity contribution in [2.24, 2.45) is 0 Å². The molecule has 1 aliphatic carbocycles. The lowest BCUT2D eigenvalue weighted by Gasteiger charge is -2.16. The Morgan fingerprint density at radius 2 is 2.06 bits per heavy atom. The molecule has 0 bridgehead atoms. The van der Waals surface area contributed by atoms with E-state index in [1.165, 1.54) is 0 Å². The Balaban J connectivity index is 2.35. The van der Waals surface area contributed by atoms with E-state index in [4.69, 9.17) is 9.84 Å². The van der Waals surface area contributed by atoms with E-state index in [1.54, 1.807) is 4.57 Å². The van der Waals surface area contributed by atoms with E-state index >= 15 is 0 Å². The number of nitrogens with zero attached hydrogens (tertiary/aromatic N) is 3. The van der Waals surface area contributed by atoms with Gasteiger partial charge in [-0.25, -0.2) is 4.79 Å². The van der Waals surface area contributed by atoms with Crippen molar-refractivity contribution in [2.75, 3.05) is 0 Å². The smallest absolute Gasteiger partial charge is 0.374 e. The predicted octanol–water partition coefficient (Wildman–Crippen LogP) is 1.88. The van der Waals surface area contributed by atoms with Gasteiger partial charge in [0.2, 0.25) is 5.82 Å². The fourth-order valence-electron chi connectivity index (χ4n) is 2.21. The minimum absolute atomic E-state index is 0.0208. The maximum absolute atomic E-state index is 11.1. The number of ether oxygens (including phenoxy) is 1. The van der Waals surface area contributed by atoms with E-state index in [9.17, 15) is 4.79 Å². The molecule has 1 fully saturated rings. The molecule has 0 amide bonds. The topological polar surface area (TPSA) is 77.2 Å². The third-order valence-corrected chi connectivity index (χ3v) is 2.89. The molecular weight excluding hydrogens is 222 g/mol. The average Bonchev–Trinajstić information content (AvgIpc) is 2.83. The second-order valence-electron chi connectivity index (χ2n) is 4.59. The van der Waals surface area contributed by atoms with Gasteiger partial charge in [0.15, 0.2) is 0 Å². The molecule has 1 aliphatic rings. The minimum Gasteiger partial charge on any atom is -0.475 e. The molecular formula is C11H17N3O3. The summed E-state index contributed by atoms with van der Waals surface area (Å²) in [6.07, 6.45) is 4.12. The fourth-order valence-corrected chi connectivity index (χ4v) is 2.21. The molecule has 1 heterocycles. The van der Waals surface area contributed by atoms with Gasteiger partial charge in [-0.2, -0.15) is 0 Å². The largest absolute Gasteiger partial charge is 0.475 e. The normalized spacial score (nSPS) is 16.6. The summed E-state index contributed by atoms with van der Waals surface area (Å²) >= 11 is 0. The zero-order valence-electron chi connectivity index (χ0n) is 10.1. The summed E-state index contributed by atoms with van der Waals surface area (Å²) in [6, 6.07) is 0.481. The molecule has 1 saturated carbocycles. The average molecular weight is 239 g/mol. The van der Waals surface area contributed by atoms with Crippen molar-refractivity contribution in [3.05, 3.63) is 5.82 Å². The van der Waals surface area contributed by atoms with E-state index in [0.717, 1.165) is 25.7 Å². The highest BCUT2D eigenvalue weighted by atomic mass is 16.5. The molecule has 2 rings (SSSR count). The molecule has 0 radical (unpaired) electrons. The molecule has 1 aromatic rings. The highest BCUT2D eigenvalue weighted by Crippen LogP contribution is 2.33. The monoisotopic (exact) mass is 239 g/mol. The van der Waals surface area contributed by atoms with Gasteiger partial charge in [0.25, 0.3) is 0 Å². The highest BCUT2D eigenvalue weighted by molar-refractivity contribution is 5.83. The van der Waals surface area contributed by atoms with Crippen molar-refractivity contribution in [2.45, 2.75) is 51.7 Å². The molecule has 94 valence electrons. The van der Waals surface area contributed by atoms with Crippen LogP contribution in [0.3, 0.4) is 0 Å². The van der Waals surface area contributed by atoms with E-state index in [2.05, 4.69) is 10.2 Å². The molecule has 0 unspecified atom stereocenters. The number of carboxylic acids is 1. The van der Waals surface area contributed by atoms with Gasteiger partial charge in [0.1, 0.15) is 0 Å². The Bertz CT molecular complexity index is 408. The minimum atomic E-state index is -1.05. The Morgan fingerprint density at radius 1 is 1.41 bits per heavy atom. The second kappa shape index (κ2) is 4.73. The van der Waals surface area contributed by atoms with Crippen molar-refractivity contribution in [3.63, 3.8) is 0 Å². The first kappa shape index (κ1) is 11.9. The van der Waals surface area contributed by atoms with Crippen LogP contribution in [0.5, 0.6) is 6.01 Å². The molecule has 6 nitrogen and oxygen atoms in total. The summed E-state index contributed by atoms with van der Waals surface area (Å²) in [7, 11) is 0. The van der Waals surface area contributed by atoms with E-state index in [-0.39, 0.29) is 18.0 Å². The van der Waals surface area contributed by atoms with Crippen LogP contribution in [0.2, 0.25) is 0 Å². The van der Waals surface area contributed by atoms with Gasteiger partial charge in [0, 0.05) is 6.04 Å². The lowest BCUT2D eigenvalue weighted by Crippen LogP contribution is -2.17. The zero-order valence-corrected chi connectivity index (χ0v) is 10.1. The SMILES string of the molecule is CC(C)Oc1nnc(C(=O)O)n1C1CCCC1. The van der Waals surface area contributed by atoms with Crippen molar-refractivity contribution < 1.29 is 14.6 Å². The van der Waals surface area contributed by atoms with E-state index in [1.807, 2.05) is 13.8 Å². The molecule has 6 heteroatoms. The Hall–Kier alpha value is -1.59. The molecule has 0 aliphatic heterocycles. The number of aromatic nitrogens is 3. The van der Waals surface area contributed by atoms with Gasteiger partial charge in [0.05, 0.1) is 6.10 Å². The molecule has 0 atom stereocenters. The number of carbonyl (C=O) groups is 1. The molecule has 0 saturated heterocycles. The van der Waals surface area contributed by atoms with Gasteiger partial charge in [-0.15, -0.1) is 5.10 Å². The second-order valence-corrected chi connectivity index (χ2v) is 4.59. The summed E-state index contributed by atoms with van der Waals surface area (Å²) in [5, 5.41) is 16.6. The lowest BCUT2D eigenvalue weighted by molar-refractivity contribution is 0.0672. The molecule has 1 aromatic heterocycles. The quantitative estimate of drug-likeness (QED) is 0.868. The summed E-state index contributed by atoms with van der Waals surface area (Å²) < 4.78 is 7.15. The van der Waals surface area contributed by atoms with Crippen LogP contribution in [-0.4, -0.2) is 31.9 Å². The Labute approximate surface area is 99.6 Å². The van der Waals surface area contributed by atoms with Crippen molar-refractivity contribution in [1.29, 1.82) is 0 Å². The van der Waals surface area contributed by atoms with E-state index < -0.39 is 5.97 Å². The first-order valence-electron chi connectivity index (χ1n) is 5.94. The third kappa shape index (κ3) is 2.40.